The van der Waals surface area contributed by atoms with Crippen molar-refractivity contribution in [2.45, 2.75) is 26.8 Å². The SMILES string of the molecule is Cc1ccc(-c2cc(C(=O)N3CCN(c4cnccn4)CC3)c3cnn(C(C)C)c3n2)s1. The highest BCUT2D eigenvalue weighted by Crippen LogP contribution is 2.31. The minimum absolute atomic E-state index is 0.0223. The largest absolute Gasteiger partial charge is 0.352 e. The lowest BCUT2D eigenvalue weighted by atomic mass is 10.1. The number of thiophene rings is 1. The zero-order chi connectivity index (χ0) is 22.2. The van der Waals surface area contributed by atoms with Crippen LogP contribution < -0.4 is 4.90 Å². The smallest absolute Gasteiger partial charge is 0.254 e. The van der Waals surface area contributed by atoms with Crippen molar-refractivity contribution in [1.82, 2.24) is 29.6 Å². The van der Waals surface area contributed by atoms with Crippen LogP contribution in [0.15, 0.2) is 43.0 Å². The summed E-state index contributed by atoms with van der Waals surface area (Å²) in [5.74, 6) is 0.869. The van der Waals surface area contributed by atoms with Crippen molar-refractivity contribution in [1.29, 1.82) is 0 Å². The first-order valence-electron chi connectivity index (χ1n) is 10.8. The summed E-state index contributed by atoms with van der Waals surface area (Å²) in [7, 11) is 0. The third-order valence-corrected chi connectivity index (χ3v) is 6.74. The molecule has 5 heterocycles. The summed E-state index contributed by atoms with van der Waals surface area (Å²) < 4.78 is 1.89. The quantitative estimate of drug-likeness (QED) is 0.473. The fraction of sp³-hybridized carbons (Fsp3) is 0.348. The lowest BCUT2D eigenvalue weighted by Gasteiger charge is -2.35. The van der Waals surface area contributed by atoms with E-state index in [1.807, 2.05) is 15.6 Å². The van der Waals surface area contributed by atoms with Crippen molar-refractivity contribution >= 4 is 34.1 Å². The Morgan fingerprint density at radius 1 is 1.09 bits per heavy atom. The molecule has 1 saturated heterocycles. The molecule has 0 unspecified atom stereocenters. The molecule has 4 aromatic rings. The second kappa shape index (κ2) is 8.31. The summed E-state index contributed by atoms with van der Waals surface area (Å²) in [5, 5.41) is 5.34. The number of hydrogen-bond acceptors (Lipinski definition) is 7. The topological polar surface area (TPSA) is 80.0 Å². The van der Waals surface area contributed by atoms with Gasteiger partial charge in [0.25, 0.3) is 5.91 Å². The van der Waals surface area contributed by atoms with Gasteiger partial charge < -0.3 is 9.80 Å². The summed E-state index contributed by atoms with van der Waals surface area (Å²) in [6, 6.07) is 6.23. The predicted molar refractivity (Wildman–Crippen MR) is 126 cm³/mol. The summed E-state index contributed by atoms with van der Waals surface area (Å²) in [6.45, 7) is 8.93. The fourth-order valence-corrected chi connectivity index (χ4v) is 4.86. The van der Waals surface area contributed by atoms with Crippen LogP contribution in [0.1, 0.15) is 35.1 Å². The van der Waals surface area contributed by atoms with Crippen LogP contribution in [0.4, 0.5) is 5.82 Å². The molecule has 1 aliphatic heterocycles. The lowest BCUT2D eigenvalue weighted by Crippen LogP contribution is -2.49. The molecular weight excluding hydrogens is 422 g/mol. The monoisotopic (exact) mass is 447 g/mol. The number of amides is 1. The van der Waals surface area contributed by atoms with E-state index in [9.17, 15) is 4.79 Å². The van der Waals surface area contributed by atoms with E-state index < -0.39 is 0 Å². The van der Waals surface area contributed by atoms with Crippen molar-refractivity contribution in [2.75, 3.05) is 31.1 Å². The number of fused-ring (bicyclic) bond motifs is 1. The standard InChI is InChI=1S/C23H25N7OS/c1-15(2)30-22-18(13-26-30)17(12-19(27-22)20-5-4-16(3)32-20)23(31)29-10-8-28(9-11-29)21-14-24-6-7-25-21/h4-7,12-15H,8-11H2,1-3H3. The van der Waals surface area contributed by atoms with Gasteiger partial charge in [0.2, 0.25) is 0 Å². The predicted octanol–water partition coefficient (Wildman–Crippen LogP) is 3.80. The van der Waals surface area contributed by atoms with Crippen molar-refractivity contribution < 1.29 is 4.79 Å². The molecule has 164 valence electrons. The highest BCUT2D eigenvalue weighted by Gasteiger charge is 2.26. The van der Waals surface area contributed by atoms with Gasteiger partial charge in [-0.2, -0.15) is 5.10 Å². The van der Waals surface area contributed by atoms with Crippen molar-refractivity contribution in [3.05, 3.63) is 53.4 Å². The minimum atomic E-state index is 0.0223. The van der Waals surface area contributed by atoms with Gasteiger partial charge in [0.15, 0.2) is 5.65 Å². The maximum Gasteiger partial charge on any atom is 0.254 e. The second-order valence-electron chi connectivity index (χ2n) is 8.23. The summed E-state index contributed by atoms with van der Waals surface area (Å²) in [5.41, 5.74) is 2.24. The molecule has 5 rings (SSSR count). The third kappa shape index (κ3) is 3.73. The first kappa shape index (κ1) is 20.6. The highest BCUT2D eigenvalue weighted by molar-refractivity contribution is 7.15. The molecule has 0 aromatic carbocycles. The number of nitrogens with zero attached hydrogens (tertiary/aromatic N) is 7. The van der Waals surface area contributed by atoms with Crippen LogP contribution in [0.3, 0.4) is 0 Å². The Labute approximate surface area is 190 Å². The zero-order valence-electron chi connectivity index (χ0n) is 18.4. The van der Waals surface area contributed by atoms with Gasteiger partial charge in [-0.3, -0.25) is 9.78 Å². The van der Waals surface area contributed by atoms with Crippen LogP contribution in [-0.2, 0) is 0 Å². The number of carbonyl (C=O) groups is 1. The zero-order valence-corrected chi connectivity index (χ0v) is 19.2. The Bertz CT molecular complexity index is 1260. The van der Waals surface area contributed by atoms with Crippen LogP contribution in [0.2, 0.25) is 0 Å². The molecule has 0 atom stereocenters. The maximum absolute atomic E-state index is 13.6. The van der Waals surface area contributed by atoms with E-state index in [2.05, 4.69) is 52.9 Å². The Hall–Kier alpha value is -3.33. The molecule has 0 spiro atoms. The number of hydrogen-bond donors (Lipinski definition) is 0. The van der Waals surface area contributed by atoms with Gasteiger partial charge in [0, 0.05) is 49.5 Å². The molecule has 9 heteroatoms. The van der Waals surface area contributed by atoms with Crippen LogP contribution in [-0.4, -0.2) is 61.7 Å². The van der Waals surface area contributed by atoms with Gasteiger partial charge in [-0.1, -0.05) is 0 Å². The van der Waals surface area contributed by atoms with Gasteiger partial charge in [-0.25, -0.2) is 14.6 Å². The Kier molecular flexibility index (Phi) is 5.34. The van der Waals surface area contributed by atoms with E-state index in [-0.39, 0.29) is 11.9 Å². The molecule has 1 fully saturated rings. The normalized spacial score (nSPS) is 14.5. The number of aromatic nitrogens is 5. The minimum Gasteiger partial charge on any atom is -0.352 e. The number of aryl methyl sites for hydroxylation is 1. The van der Waals surface area contributed by atoms with E-state index in [0.29, 0.717) is 18.7 Å². The molecule has 4 aromatic heterocycles. The summed E-state index contributed by atoms with van der Waals surface area (Å²) in [4.78, 5) is 33.4. The van der Waals surface area contributed by atoms with Gasteiger partial charge in [0.05, 0.1) is 33.9 Å². The number of anilines is 1. The van der Waals surface area contributed by atoms with Gasteiger partial charge >= 0.3 is 0 Å². The van der Waals surface area contributed by atoms with E-state index in [1.165, 1.54) is 4.88 Å². The average Bonchev–Trinajstić information content (AvgIpc) is 3.45. The van der Waals surface area contributed by atoms with E-state index in [1.54, 1.807) is 36.1 Å². The third-order valence-electron chi connectivity index (χ3n) is 5.72. The van der Waals surface area contributed by atoms with Crippen molar-refractivity contribution in [3.8, 4) is 10.6 Å². The number of rotatable bonds is 4. The number of piperazine rings is 1. The van der Waals surface area contributed by atoms with Crippen LogP contribution in [0.25, 0.3) is 21.6 Å². The second-order valence-corrected chi connectivity index (χ2v) is 9.52. The van der Waals surface area contributed by atoms with E-state index >= 15 is 0 Å². The van der Waals surface area contributed by atoms with Crippen molar-refractivity contribution in [2.24, 2.45) is 0 Å². The molecule has 0 N–H and O–H groups in total. The average molecular weight is 448 g/mol. The number of carbonyl (C=O) groups excluding carboxylic acids is 1. The lowest BCUT2D eigenvalue weighted by molar-refractivity contribution is 0.0748. The molecule has 8 nitrogen and oxygen atoms in total. The first-order valence-corrected chi connectivity index (χ1v) is 11.6. The first-order chi connectivity index (χ1) is 15.5. The van der Waals surface area contributed by atoms with Gasteiger partial charge in [-0.05, 0) is 39.0 Å². The Balaban J connectivity index is 1.48. The van der Waals surface area contributed by atoms with E-state index in [4.69, 9.17) is 4.98 Å². The van der Waals surface area contributed by atoms with Crippen molar-refractivity contribution in [3.63, 3.8) is 0 Å². The molecule has 0 bridgehead atoms. The molecular formula is C23H25N7OS. The molecule has 0 saturated carbocycles. The highest BCUT2D eigenvalue weighted by atomic mass is 32.1. The van der Waals surface area contributed by atoms with Crippen LogP contribution in [0, 0.1) is 6.92 Å². The van der Waals surface area contributed by atoms with Gasteiger partial charge in [0.1, 0.15) is 5.82 Å². The molecule has 32 heavy (non-hydrogen) atoms. The van der Waals surface area contributed by atoms with Gasteiger partial charge in [-0.15, -0.1) is 11.3 Å². The maximum atomic E-state index is 13.6. The van der Waals surface area contributed by atoms with E-state index in [0.717, 1.165) is 40.5 Å². The van der Waals surface area contributed by atoms with Crippen LogP contribution in [0.5, 0.6) is 0 Å². The summed E-state index contributed by atoms with van der Waals surface area (Å²) in [6.07, 6.45) is 6.90. The Morgan fingerprint density at radius 2 is 1.91 bits per heavy atom. The molecule has 0 aliphatic carbocycles. The Morgan fingerprint density at radius 3 is 2.56 bits per heavy atom. The fourth-order valence-electron chi connectivity index (χ4n) is 4.03. The molecule has 1 amide bonds. The molecule has 1 aliphatic rings. The molecule has 0 radical (unpaired) electrons. The summed E-state index contributed by atoms with van der Waals surface area (Å²) >= 11 is 1.68. The van der Waals surface area contributed by atoms with Crippen LogP contribution >= 0.6 is 11.3 Å². The number of pyridine rings is 1.